The van der Waals surface area contributed by atoms with Crippen molar-refractivity contribution in [3.8, 4) is 0 Å². The van der Waals surface area contributed by atoms with E-state index in [2.05, 4.69) is 5.32 Å². The number of nitrogens with one attached hydrogen (secondary N) is 1. The van der Waals surface area contributed by atoms with E-state index in [0.717, 1.165) is 0 Å². The van der Waals surface area contributed by atoms with Crippen molar-refractivity contribution >= 4 is 11.7 Å². The lowest BCUT2D eigenvalue weighted by molar-refractivity contribution is -0.376. The Labute approximate surface area is 133 Å². The van der Waals surface area contributed by atoms with Crippen LogP contribution in [0.4, 0.5) is 32.0 Å². The molecule has 24 heavy (non-hydrogen) atoms. The molecule has 0 atom stereocenters. The van der Waals surface area contributed by atoms with Crippen LogP contribution in [-0.4, -0.2) is 35.1 Å². The van der Waals surface area contributed by atoms with Crippen molar-refractivity contribution < 1.29 is 41.4 Å². The number of alkyl halides is 6. The highest BCUT2D eigenvalue weighted by molar-refractivity contribution is 5.68. The number of benzene rings is 1. The second kappa shape index (κ2) is 6.50. The molecule has 4 nitrogen and oxygen atoms in total. The molecule has 0 aliphatic heterocycles. The fourth-order valence-corrected chi connectivity index (χ4v) is 2.23. The van der Waals surface area contributed by atoms with Crippen molar-refractivity contribution in [2.75, 3.05) is 11.9 Å². The highest BCUT2D eigenvalue weighted by Crippen LogP contribution is 2.50. The van der Waals surface area contributed by atoms with Gasteiger partial charge in [0.15, 0.2) is 0 Å². The van der Waals surface area contributed by atoms with Crippen molar-refractivity contribution in [2.24, 2.45) is 0 Å². The zero-order valence-corrected chi connectivity index (χ0v) is 12.6. The summed E-state index contributed by atoms with van der Waals surface area (Å²) in [5.74, 6) is -1.11. The van der Waals surface area contributed by atoms with Gasteiger partial charge in [0.25, 0.3) is 5.60 Å². The molecule has 0 aromatic heterocycles. The van der Waals surface area contributed by atoms with E-state index in [1.54, 1.807) is 0 Å². The van der Waals surface area contributed by atoms with Crippen LogP contribution >= 0.6 is 0 Å². The van der Waals surface area contributed by atoms with E-state index in [-0.39, 0.29) is 29.8 Å². The number of aliphatic hydroxyl groups is 1. The number of rotatable bonds is 5. The Morgan fingerprint density at radius 2 is 1.46 bits per heavy atom. The molecule has 0 aliphatic carbocycles. The zero-order chi connectivity index (χ0) is 18.9. The minimum Gasteiger partial charge on any atom is -0.481 e. The largest absolute Gasteiger partial charge is 0.481 e. The third-order valence-electron chi connectivity index (χ3n) is 3.41. The minimum absolute atomic E-state index is 0.0160. The van der Waals surface area contributed by atoms with Gasteiger partial charge in [-0.2, -0.15) is 26.3 Å². The molecule has 1 rings (SSSR count). The van der Waals surface area contributed by atoms with E-state index in [1.165, 1.54) is 13.8 Å². The predicted octanol–water partition coefficient (Wildman–Crippen LogP) is 3.50. The van der Waals surface area contributed by atoms with Crippen LogP contribution in [0.1, 0.15) is 23.1 Å². The number of aliphatic carboxylic acids is 1. The Morgan fingerprint density at radius 3 is 1.79 bits per heavy atom. The lowest BCUT2D eigenvalue weighted by Crippen LogP contribution is -2.54. The van der Waals surface area contributed by atoms with Gasteiger partial charge in [-0.25, -0.2) is 0 Å². The monoisotopic (exact) mass is 359 g/mol. The molecule has 3 N–H and O–H groups in total. The summed E-state index contributed by atoms with van der Waals surface area (Å²) in [6.07, 6.45) is -12.2. The van der Waals surface area contributed by atoms with Crippen molar-refractivity contribution in [3.05, 3.63) is 28.8 Å². The first-order valence-electron chi connectivity index (χ1n) is 6.65. The highest BCUT2D eigenvalue weighted by atomic mass is 19.4. The fourth-order valence-electron chi connectivity index (χ4n) is 2.23. The Balaban J connectivity index is 3.34. The van der Waals surface area contributed by atoms with Crippen molar-refractivity contribution in [1.82, 2.24) is 0 Å². The second-order valence-corrected chi connectivity index (χ2v) is 5.26. The lowest BCUT2D eigenvalue weighted by Gasteiger charge is -2.33. The van der Waals surface area contributed by atoms with E-state index >= 15 is 0 Å². The molecule has 0 fully saturated rings. The molecule has 1 aromatic rings. The van der Waals surface area contributed by atoms with Crippen molar-refractivity contribution in [1.29, 1.82) is 0 Å². The quantitative estimate of drug-likeness (QED) is 0.704. The van der Waals surface area contributed by atoms with Crippen LogP contribution in [0.3, 0.4) is 0 Å². The average molecular weight is 359 g/mol. The SMILES string of the molecule is Cc1cc(C(O)(C(F)(F)F)C(F)(F)F)cc(C)c1NCCC(=O)O. The van der Waals surface area contributed by atoms with Gasteiger partial charge < -0.3 is 15.5 Å². The maximum absolute atomic E-state index is 12.9. The summed E-state index contributed by atoms with van der Waals surface area (Å²) in [5, 5.41) is 20.6. The second-order valence-electron chi connectivity index (χ2n) is 5.26. The summed E-state index contributed by atoms with van der Waals surface area (Å²) in [5.41, 5.74) is -6.09. The van der Waals surface area contributed by atoms with Crippen LogP contribution in [0.2, 0.25) is 0 Å². The van der Waals surface area contributed by atoms with E-state index < -0.39 is 29.5 Å². The highest BCUT2D eigenvalue weighted by Gasteiger charge is 2.71. The number of carboxylic acids is 1. The number of carboxylic acid groups (broad SMARTS) is 1. The Bertz CT molecular complexity index is 587. The molecule has 0 saturated heterocycles. The molecule has 0 bridgehead atoms. The van der Waals surface area contributed by atoms with Gasteiger partial charge in [-0.1, -0.05) is 12.1 Å². The number of hydrogen-bond acceptors (Lipinski definition) is 3. The van der Waals surface area contributed by atoms with Gasteiger partial charge >= 0.3 is 18.3 Å². The van der Waals surface area contributed by atoms with Crippen LogP contribution in [0.25, 0.3) is 0 Å². The maximum atomic E-state index is 12.9. The number of carbonyl (C=O) groups is 1. The third kappa shape index (κ3) is 3.74. The topological polar surface area (TPSA) is 69.6 Å². The molecule has 0 unspecified atom stereocenters. The summed E-state index contributed by atoms with van der Waals surface area (Å²) < 4.78 is 77.3. The zero-order valence-electron chi connectivity index (χ0n) is 12.6. The molecule has 136 valence electrons. The van der Waals surface area contributed by atoms with Gasteiger partial charge in [-0.05, 0) is 25.0 Å². The smallest absolute Gasteiger partial charge is 0.430 e. The molecule has 0 saturated carbocycles. The summed E-state index contributed by atoms with van der Waals surface area (Å²) in [4.78, 5) is 10.4. The first-order valence-corrected chi connectivity index (χ1v) is 6.65. The molecule has 0 heterocycles. The van der Waals surface area contributed by atoms with Crippen LogP contribution < -0.4 is 5.32 Å². The van der Waals surface area contributed by atoms with Crippen LogP contribution in [-0.2, 0) is 10.4 Å². The number of anilines is 1. The molecule has 0 amide bonds. The Morgan fingerprint density at radius 1 is 1.04 bits per heavy atom. The number of halogens is 6. The Kier molecular flexibility index (Phi) is 5.44. The molecule has 1 aromatic carbocycles. The predicted molar refractivity (Wildman–Crippen MR) is 72.7 cm³/mol. The Hall–Kier alpha value is -1.97. The fraction of sp³-hybridized carbons (Fsp3) is 0.500. The summed E-state index contributed by atoms with van der Waals surface area (Å²) >= 11 is 0. The van der Waals surface area contributed by atoms with Gasteiger partial charge in [0.05, 0.1) is 6.42 Å². The summed E-state index contributed by atoms with van der Waals surface area (Å²) in [7, 11) is 0. The summed E-state index contributed by atoms with van der Waals surface area (Å²) in [6.45, 7) is 2.46. The van der Waals surface area contributed by atoms with Gasteiger partial charge in [0.2, 0.25) is 0 Å². The van der Waals surface area contributed by atoms with Gasteiger partial charge in [-0.15, -0.1) is 0 Å². The molecule has 0 aliphatic rings. The number of aryl methyl sites for hydroxylation is 2. The maximum Gasteiger partial charge on any atom is 0.430 e. The van der Waals surface area contributed by atoms with Crippen LogP contribution in [0.5, 0.6) is 0 Å². The van der Waals surface area contributed by atoms with E-state index in [1.807, 2.05) is 0 Å². The minimum atomic E-state index is -5.96. The molecule has 0 spiro atoms. The van der Waals surface area contributed by atoms with E-state index in [4.69, 9.17) is 5.11 Å². The third-order valence-corrected chi connectivity index (χ3v) is 3.41. The van der Waals surface area contributed by atoms with Crippen LogP contribution in [0.15, 0.2) is 12.1 Å². The van der Waals surface area contributed by atoms with E-state index in [9.17, 15) is 36.2 Å². The lowest BCUT2D eigenvalue weighted by atomic mass is 9.89. The number of hydrogen-bond donors (Lipinski definition) is 3. The first-order chi connectivity index (χ1) is 10.7. The van der Waals surface area contributed by atoms with Gasteiger partial charge in [0.1, 0.15) is 0 Å². The molecular weight excluding hydrogens is 344 g/mol. The first kappa shape index (κ1) is 20.1. The molecule has 0 radical (unpaired) electrons. The van der Waals surface area contributed by atoms with Crippen molar-refractivity contribution in [2.45, 2.75) is 38.2 Å². The van der Waals surface area contributed by atoms with Gasteiger partial charge in [0, 0.05) is 17.8 Å². The molecular formula is C14H15F6NO3. The molecule has 10 heteroatoms. The van der Waals surface area contributed by atoms with E-state index in [0.29, 0.717) is 12.1 Å². The van der Waals surface area contributed by atoms with Gasteiger partial charge in [-0.3, -0.25) is 4.79 Å². The standard InChI is InChI=1S/C14H15F6NO3/c1-7-5-9(12(24,13(15,16)17)14(18,19)20)6-8(2)11(7)21-4-3-10(22)23/h5-6,21,24H,3-4H2,1-2H3,(H,22,23). The average Bonchev–Trinajstić information content (AvgIpc) is 2.37. The van der Waals surface area contributed by atoms with Crippen LogP contribution in [0, 0.1) is 13.8 Å². The van der Waals surface area contributed by atoms with Crippen molar-refractivity contribution in [3.63, 3.8) is 0 Å². The normalized spacial score (nSPS) is 13.0. The summed E-state index contributed by atoms with van der Waals surface area (Å²) in [6, 6.07) is 1.16.